The van der Waals surface area contributed by atoms with Gasteiger partial charge >= 0.3 is 0 Å². The molecule has 0 aliphatic carbocycles. The van der Waals surface area contributed by atoms with Crippen LogP contribution in [-0.4, -0.2) is 12.0 Å². The lowest BCUT2D eigenvalue weighted by Crippen LogP contribution is -2.18. The van der Waals surface area contributed by atoms with Crippen LogP contribution in [0.2, 0.25) is 0 Å². The van der Waals surface area contributed by atoms with Gasteiger partial charge in [0.2, 0.25) is 0 Å². The maximum Gasteiger partial charge on any atom is 0.0951 e. The zero-order chi connectivity index (χ0) is 14.7. The fourth-order valence-corrected chi connectivity index (χ4v) is 4.28. The minimum absolute atomic E-state index is 0.347. The van der Waals surface area contributed by atoms with E-state index >= 15 is 0 Å². The Hall–Kier alpha value is -1.49. The monoisotopic (exact) mass is 314 g/mol. The third-order valence-corrected chi connectivity index (χ3v) is 5.57. The lowest BCUT2D eigenvalue weighted by atomic mass is 10.1. The third kappa shape index (κ3) is 3.23. The van der Waals surface area contributed by atoms with E-state index in [-0.39, 0.29) is 0 Å². The quantitative estimate of drug-likeness (QED) is 0.739. The minimum Gasteiger partial charge on any atom is -0.312 e. The lowest BCUT2D eigenvalue weighted by molar-refractivity contribution is 0.598. The van der Waals surface area contributed by atoms with Crippen LogP contribution in [0.3, 0.4) is 0 Å². The maximum atomic E-state index is 4.79. The van der Waals surface area contributed by atoms with Crippen molar-refractivity contribution in [2.75, 3.05) is 7.05 Å². The Morgan fingerprint density at radius 2 is 1.95 bits per heavy atom. The molecule has 1 unspecified atom stereocenters. The van der Waals surface area contributed by atoms with Crippen LogP contribution in [0.5, 0.6) is 0 Å². The van der Waals surface area contributed by atoms with Gasteiger partial charge < -0.3 is 5.32 Å². The van der Waals surface area contributed by atoms with Crippen molar-refractivity contribution in [3.05, 3.63) is 62.6 Å². The second-order valence-corrected chi connectivity index (χ2v) is 6.90. The highest BCUT2D eigenvalue weighted by atomic mass is 32.1. The van der Waals surface area contributed by atoms with E-state index in [1.807, 2.05) is 24.5 Å². The van der Waals surface area contributed by atoms with E-state index in [1.165, 1.54) is 21.0 Å². The summed E-state index contributed by atoms with van der Waals surface area (Å²) in [5.74, 6) is 0. The molecule has 1 aromatic carbocycles. The van der Waals surface area contributed by atoms with Gasteiger partial charge in [0, 0.05) is 28.3 Å². The van der Waals surface area contributed by atoms with Crippen LogP contribution in [0.25, 0.3) is 11.3 Å². The van der Waals surface area contributed by atoms with Crippen molar-refractivity contribution in [1.82, 2.24) is 10.3 Å². The molecule has 0 fully saturated rings. The Morgan fingerprint density at radius 1 is 1.14 bits per heavy atom. The Labute approximate surface area is 133 Å². The molecule has 1 N–H and O–H groups in total. The average molecular weight is 314 g/mol. The summed E-state index contributed by atoms with van der Waals surface area (Å²) < 4.78 is 0. The average Bonchev–Trinajstić information content (AvgIpc) is 3.15. The molecule has 21 heavy (non-hydrogen) atoms. The summed E-state index contributed by atoms with van der Waals surface area (Å²) in [5, 5.41) is 8.91. The molecular weight excluding hydrogens is 296 g/mol. The van der Waals surface area contributed by atoms with E-state index in [0.717, 1.165) is 12.1 Å². The highest BCUT2D eigenvalue weighted by molar-refractivity contribution is 7.10. The van der Waals surface area contributed by atoms with Crippen LogP contribution >= 0.6 is 22.7 Å². The van der Waals surface area contributed by atoms with Crippen LogP contribution in [0.4, 0.5) is 0 Å². The van der Waals surface area contributed by atoms with E-state index in [0.29, 0.717) is 6.04 Å². The van der Waals surface area contributed by atoms with Gasteiger partial charge in [0.15, 0.2) is 0 Å². The lowest BCUT2D eigenvalue weighted by Gasteiger charge is -2.14. The summed E-state index contributed by atoms with van der Waals surface area (Å²) in [6.45, 7) is 2.17. The van der Waals surface area contributed by atoms with E-state index in [4.69, 9.17) is 4.98 Å². The molecule has 2 heterocycles. The molecule has 0 spiro atoms. The number of nitrogens with one attached hydrogen (secondary N) is 1. The second kappa shape index (κ2) is 6.52. The number of aromatic nitrogens is 1. The van der Waals surface area contributed by atoms with Gasteiger partial charge in [-0.15, -0.1) is 22.7 Å². The molecule has 108 valence electrons. The fraction of sp³-hybridized carbons (Fsp3) is 0.235. The molecule has 4 heteroatoms. The number of nitrogens with zero attached hydrogens (tertiary/aromatic N) is 1. The van der Waals surface area contributed by atoms with E-state index in [1.54, 1.807) is 11.3 Å². The van der Waals surface area contributed by atoms with Crippen LogP contribution in [0.1, 0.15) is 21.5 Å². The topological polar surface area (TPSA) is 24.9 Å². The zero-order valence-electron chi connectivity index (χ0n) is 12.2. The van der Waals surface area contributed by atoms with Crippen molar-refractivity contribution < 1.29 is 0 Å². The third-order valence-electron chi connectivity index (χ3n) is 3.57. The normalized spacial score (nSPS) is 12.5. The molecule has 0 amide bonds. The number of thiazole rings is 1. The SMILES string of the molecule is CNC(Cc1nc(-c2ccccc2)cs1)c1sccc1C. The molecule has 0 radical (unpaired) electrons. The standard InChI is InChI=1S/C17H18N2S2/c1-12-8-9-20-17(12)14(18-2)10-16-19-15(11-21-16)13-6-4-3-5-7-13/h3-9,11,14,18H,10H2,1-2H3. The van der Waals surface area contributed by atoms with Crippen molar-refractivity contribution in [2.45, 2.75) is 19.4 Å². The van der Waals surface area contributed by atoms with Crippen molar-refractivity contribution in [1.29, 1.82) is 0 Å². The molecule has 0 saturated heterocycles. The van der Waals surface area contributed by atoms with Gasteiger partial charge in [-0.3, -0.25) is 0 Å². The summed E-state index contributed by atoms with van der Waals surface area (Å²) in [4.78, 5) is 6.20. The van der Waals surface area contributed by atoms with Gasteiger partial charge in [-0.2, -0.15) is 0 Å². The first-order chi connectivity index (χ1) is 10.3. The van der Waals surface area contributed by atoms with Crippen LogP contribution in [0.15, 0.2) is 47.2 Å². The summed E-state index contributed by atoms with van der Waals surface area (Å²) in [5.41, 5.74) is 3.63. The van der Waals surface area contributed by atoms with Crippen LogP contribution in [-0.2, 0) is 6.42 Å². The summed E-state index contributed by atoms with van der Waals surface area (Å²) in [6.07, 6.45) is 0.940. The van der Waals surface area contributed by atoms with Crippen molar-refractivity contribution in [2.24, 2.45) is 0 Å². The van der Waals surface area contributed by atoms with Crippen LogP contribution < -0.4 is 5.32 Å². The Balaban J connectivity index is 1.79. The molecule has 1 atom stereocenters. The number of hydrogen-bond acceptors (Lipinski definition) is 4. The fourth-order valence-electron chi connectivity index (χ4n) is 2.39. The summed E-state index contributed by atoms with van der Waals surface area (Å²) in [7, 11) is 2.02. The molecule has 0 bridgehead atoms. The molecule has 3 aromatic rings. The number of thiophene rings is 1. The molecule has 0 aliphatic rings. The molecular formula is C17H18N2S2. The number of hydrogen-bond donors (Lipinski definition) is 1. The van der Waals surface area contributed by atoms with Gasteiger partial charge in [-0.05, 0) is 31.0 Å². The molecule has 3 rings (SSSR count). The van der Waals surface area contributed by atoms with E-state index < -0.39 is 0 Å². The first-order valence-electron chi connectivity index (χ1n) is 6.99. The van der Waals surface area contributed by atoms with E-state index in [9.17, 15) is 0 Å². The number of aryl methyl sites for hydroxylation is 1. The van der Waals surface area contributed by atoms with Gasteiger partial charge in [0.1, 0.15) is 0 Å². The van der Waals surface area contributed by atoms with Gasteiger partial charge in [-0.1, -0.05) is 30.3 Å². The van der Waals surface area contributed by atoms with Gasteiger partial charge in [-0.25, -0.2) is 4.98 Å². The zero-order valence-corrected chi connectivity index (χ0v) is 13.8. The maximum absolute atomic E-state index is 4.79. The Bertz CT molecular complexity index is 700. The number of benzene rings is 1. The second-order valence-electron chi connectivity index (χ2n) is 5.01. The van der Waals surface area contributed by atoms with Crippen molar-refractivity contribution in [3.8, 4) is 11.3 Å². The van der Waals surface area contributed by atoms with Crippen LogP contribution in [0, 0.1) is 6.92 Å². The number of rotatable bonds is 5. The molecule has 0 aliphatic heterocycles. The molecule has 0 saturated carbocycles. The first kappa shape index (κ1) is 14.4. The summed E-state index contributed by atoms with van der Waals surface area (Å²) >= 11 is 3.56. The predicted octanol–water partition coefficient (Wildman–Crippen LogP) is 4.68. The largest absolute Gasteiger partial charge is 0.312 e. The molecule has 2 aromatic heterocycles. The Kier molecular flexibility index (Phi) is 4.48. The van der Waals surface area contributed by atoms with Gasteiger partial charge in [0.25, 0.3) is 0 Å². The number of likely N-dealkylation sites (N-methyl/N-ethyl adjacent to an activating group) is 1. The highest BCUT2D eigenvalue weighted by Gasteiger charge is 2.16. The first-order valence-corrected chi connectivity index (χ1v) is 8.75. The smallest absolute Gasteiger partial charge is 0.0951 e. The summed E-state index contributed by atoms with van der Waals surface area (Å²) in [6, 6.07) is 12.9. The Morgan fingerprint density at radius 3 is 2.62 bits per heavy atom. The molecule has 2 nitrogen and oxygen atoms in total. The van der Waals surface area contributed by atoms with Crippen molar-refractivity contribution >= 4 is 22.7 Å². The van der Waals surface area contributed by atoms with Gasteiger partial charge in [0.05, 0.1) is 10.7 Å². The minimum atomic E-state index is 0.347. The predicted molar refractivity (Wildman–Crippen MR) is 92.1 cm³/mol. The van der Waals surface area contributed by atoms with Crippen molar-refractivity contribution in [3.63, 3.8) is 0 Å². The highest BCUT2D eigenvalue weighted by Crippen LogP contribution is 2.29. The van der Waals surface area contributed by atoms with E-state index in [2.05, 4.69) is 53.3 Å².